The van der Waals surface area contributed by atoms with Crippen molar-refractivity contribution in [3.63, 3.8) is 0 Å². The summed E-state index contributed by atoms with van der Waals surface area (Å²) in [6, 6.07) is 0.0683. The van der Waals surface area contributed by atoms with Gasteiger partial charge in [-0.1, -0.05) is 13.3 Å². The zero-order valence-corrected chi connectivity index (χ0v) is 10.3. The number of ether oxygens (including phenoxy) is 1. The number of likely N-dealkylation sites (tertiary alicyclic amines) is 1. The van der Waals surface area contributed by atoms with E-state index in [1.807, 2.05) is 4.90 Å². The topological polar surface area (TPSA) is 41.6 Å². The first kappa shape index (κ1) is 13.3. The molecule has 0 aliphatic carbocycles. The van der Waals surface area contributed by atoms with Crippen molar-refractivity contribution in [3.8, 4) is 0 Å². The Labute approximate surface area is 98.3 Å². The highest BCUT2D eigenvalue weighted by Crippen LogP contribution is 2.07. The molecule has 94 valence electrons. The molecule has 1 heterocycles. The van der Waals surface area contributed by atoms with E-state index in [-0.39, 0.29) is 6.03 Å². The fourth-order valence-electron chi connectivity index (χ4n) is 1.79. The highest BCUT2D eigenvalue weighted by Gasteiger charge is 2.15. The maximum absolute atomic E-state index is 11.6. The van der Waals surface area contributed by atoms with Gasteiger partial charge < -0.3 is 15.0 Å². The molecule has 1 aliphatic rings. The van der Waals surface area contributed by atoms with Crippen molar-refractivity contribution in [2.75, 3.05) is 32.8 Å². The van der Waals surface area contributed by atoms with E-state index in [9.17, 15) is 4.79 Å². The lowest BCUT2D eigenvalue weighted by molar-refractivity contribution is 0.130. The molecule has 1 fully saturated rings. The average molecular weight is 228 g/mol. The molecule has 1 saturated heterocycles. The van der Waals surface area contributed by atoms with E-state index in [0.717, 1.165) is 45.4 Å². The maximum Gasteiger partial charge on any atom is 0.317 e. The number of piperidine rings is 1. The van der Waals surface area contributed by atoms with Crippen LogP contribution < -0.4 is 5.32 Å². The smallest absolute Gasteiger partial charge is 0.317 e. The van der Waals surface area contributed by atoms with E-state index < -0.39 is 0 Å². The van der Waals surface area contributed by atoms with Crippen LogP contribution >= 0.6 is 0 Å². The molecule has 0 aromatic rings. The summed E-state index contributed by atoms with van der Waals surface area (Å²) in [5.74, 6) is 0. The first-order valence-electron chi connectivity index (χ1n) is 6.45. The van der Waals surface area contributed by atoms with Crippen molar-refractivity contribution in [2.24, 2.45) is 0 Å². The van der Waals surface area contributed by atoms with Crippen molar-refractivity contribution in [1.29, 1.82) is 0 Å². The Balaban J connectivity index is 1.97. The van der Waals surface area contributed by atoms with Gasteiger partial charge in [0, 0.05) is 26.2 Å². The van der Waals surface area contributed by atoms with E-state index in [0.29, 0.717) is 13.2 Å². The lowest BCUT2D eigenvalue weighted by Gasteiger charge is -2.26. The maximum atomic E-state index is 11.6. The molecule has 16 heavy (non-hydrogen) atoms. The normalized spacial score (nSPS) is 16.2. The summed E-state index contributed by atoms with van der Waals surface area (Å²) in [6.07, 6.45) is 5.78. The molecule has 0 atom stereocenters. The third kappa shape index (κ3) is 5.35. The minimum absolute atomic E-state index is 0.0683. The van der Waals surface area contributed by atoms with Gasteiger partial charge in [0.2, 0.25) is 0 Å². The van der Waals surface area contributed by atoms with E-state index in [1.165, 1.54) is 6.42 Å². The van der Waals surface area contributed by atoms with Crippen molar-refractivity contribution < 1.29 is 9.53 Å². The fourth-order valence-corrected chi connectivity index (χ4v) is 1.79. The van der Waals surface area contributed by atoms with Crippen molar-refractivity contribution in [2.45, 2.75) is 39.0 Å². The molecule has 0 spiro atoms. The van der Waals surface area contributed by atoms with Crippen molar-refractivity contribution in [3.05, 3.63) is 0 Å². The first-order chi connectivity index (χ1) is 7.84. The summed E-state index contributed by atoms with van der Waals surface area (Å²) in [4.78, 5) is 13.5. The molecule has 0 aromatic heterocycles. The predicted molar refractivity (Wildman–Crippen MR) is 64.5 cm³/mol. The van der Waals surface area contributed by atoms with E-state index in [1.54, 1.807) is 0 Å². The van der Waals surface area contributed by atoms with E-state index in [4.69, 9.17) is 4.74 Å². The van der Waals surface area contributed by atoms with Crippen molar-refractivity contribution >= 4 is 6.03 Å². The van der Waals surface area contributed by atoms with Gasteiger partial charge in [0.1, 0.15) is 0 Å². The van der Waals surface area contributed by atoms with E-state index in [2.05, 4.69) is 12.2 Å². The van der Waals surface area contributed by atoms with Crippen LogP contribution in [0.3, 0.4) is 0 Å². The molecule has 0 aromatic carbocycles. The number of hydrogen-bond donors (Lipinski definition) is 1. The summed E-state index contributed by atoms with van der Waals surface area (Å²) in [6.45, 7) is 6.00. The number of carbonyl (C=O) groups excluding carboxylic acids is 1. The molecular weight excluding hydrogens is 204 g/mol. The standard InChI is InChI=1S/C12H24N2O2/c1-2-3-10-16-11-7-13-12(15)14-8-5-4-6-9-14/h2-11H2,1H3,(H,13,15). The van der Waals surface area contributed by atoms with Gasteiger partial charge in [0.25, 0.3) is 0 Å². The number of unbranched alkanes of at least 4 members (excludes halogenated alkanes) is 1. The minimum atomic E-state index is 0.0683. The summed E-state index contributed by atoms with van der Waals surface area (Å²) in [5, 5.41) is 2.89. The monoisotopic (exact) mass is 228 g/mol. The molecule has 0 unspecified atom stereocenters. The van der Waals surface area contributed by atoms with Gasteiger partial charge in [-0.05, 0) is 25.7 Å². The summed E-state index contributed by atoms with van der Waals surface area (Å²) < 4.78 is 5.38. The molecule has 4 heteroatoms. The molecule has 0 bridgehead atoms. The minimum Gasteiger partial charge on any atom is -0.380 e. The number of nitrogens with one attached hydrogen (secondary N) is 1. The van der Waals surface area contributed by atoms with Gasteiger partial charge in [0.15, 0.2) is 0 Å². The summed E-state index contributed by atoms with van der Waals surface area (Å²) >= 11 is 0. The molecule has 2 amide bonds. The first-order valence-corrected chi connectivity index (χ1v) is 6.45. The zero-order chi connectivity index (χ0) is 11.6. The Morgan fingerprint density at radius 1 is 1.25 bits per heavy atom. The highest BCUT2D eigenvalue weighted by molar-refractivity contribution is 5.74. The Morgan fingerprint density at radius 2 is 2.00 bits per heavy atom. The lowest BCUT2D eigenvalue weighted by atomic mass is 10.1. The van der Waals surface area contributed by atoms with Crippen LogP contribution in [0.2, 0.25) is 0 Å². The van der Waals surface area contributed by atoms with Gasteiger partial charge in [0.05, 0.1) is 6.61 Å². The zero-order valence-electron chi connectivity index (χ0n) is 10.3. The van der Waals surface area contributed by atoms with Crippen LogP contribution in [0.15, 0.2) is 0 Å². The number of carbonyl (C=O) groups is 1. The van der Waals surface area contributed by atoms with Gasteiger partial charge in [-0.3, -0.25) is 0 Å². The quantitative estimate of drug-likeness (QED) is 0.706. The Morgan fingerprint density at radius 3 is 2.69 bits per heavy atom. The average Bonchev–Trinajstić information content (AvgIpc) is 2.34. The van der Waals surface area contributed by atoms with Gasteiger partial charge in [-0.15, -0.1) is 0 Å². The van der Waals surface area contributed by atoms with Crippen LogP contribution in [0, 0.1) is 0 Å². The summed E-state index contributed by atoms with van der Waals surface area (Å²) in [7, 11) is 0. The largest absolute Gasteiger partial charge is 0.380 e. The number of urea groups is 1. The molecule has 1 aliphatic heterocycles. The Bertz CT molecular complexity index is 191. The molecule has 1 rings (SSSR count). The second-order valence-electron chi connectivity index (χ2n) is 4.25. The number of hydrogen-bond acceptors (Lipinski definition) is 2. The second kappa shape index (κ2) is 8.39. The lowest BCUT2D eigenvalue weighted by Crippen LogP contribution is -2.43. The third-order valence-corrected chi connectivity index (χ3v) is 2.81. The molecular formula is C12H24N2O2. The Kier molecular flexibility index (Phi) is 6.97. The third-order valence-electron chi connectivity index (χ3n) is 2.81. The molecule has 0 radical (unpaired) electrons. The predicted octanol–water partition coefficient (Wildman–Crippen LogP) is 2.00. The van der Waals surface area contributed by atoms with Gasteiger partial charge in [-0.2, -0.15) is 0 Å². The SMILES string of the molecule is CCCCOCCNC(=O)N1CCCCC1. The van der Waals surface area contributed by atoms with Crippen LogP contribution in [0.5, 0.6) is 0 Å². The van der Waals surface area contributed by atoms with Crippen molar-refractivity contribution in [1.82, 2.24) is 10.2 Å². The number of rotatable bonds is 6. The molecule has 0 saturated carbocycles. The number of amides is 2. The van der Waals surface area contributed by atoms with Crippen LogP contribution in [-0.2, 0) is 4.74 Å². The summed E-state index contributed by atoms with van der Waals surface area (Å²) in [5.41, 5.74) is 0. The molecule has 1 N–H and O–H groups in total. The number of nitrogens with zero attached hydrogens (tertiary/aromatic N) is 1. The van der Waals surface area contributed by atoms with Crippen LogP contribution in [0.25, 0.3) is 0 Å². The van der Waals surface area contributed by atoms with Crippen LogP contribution in [-0.4, -0.2) is 43.8 Å². The Hall–Kier alpha value is -0.770. The van der Waals surface area contributed by atoms with Gasteiger partial charge in [-0.25, -0.2) is 4.79 Å². The van der Waals surface area contributed by atoms with E-state index >= 15 is 0 Å². The second-order valence-corrected chi connectivity index (χ2v) is 4.25. The fraction of sp³-hybridized carbons (Fsp3) is 0.917. The van der Waals surface area contributed by atoms with Gasteiger partial charge >= 0.3 is 6.03 Å². The molecule has 4 nitrogen and oxygen atoms in total. The highest BCUT2D eigenvalue weighted by atomic mass is 16.5. The van der Waals surface area contributed by atoms with Crippen LogP contribution in [0.1, 0.15) is 39.0 Å². The van der Waals surface area contributed by atoms with Crippen LogP contribution in [0.4, 0.5) is 4.79 Å².